The van der Waals surface area contributed by atoms with Crippen LogP contribution in [0.2, 0.25) is 0 Å². The van der Waals surface area contributed by atoms with Gasteiger partial charge in [-0.15, -0.1) is 0 Å². The van der Waals surface area contributed by atoms with Crippen LogP contribution in [0.15, 0.2) is 30.4 Å². The van der Waals surface area contributed by atoms with Crippen LogP contribution in [-0.4, -0.2) is 6.54 Å². The Balaban J connectivity index is -0.000000302. The molecule has 0 saturated heterocycles. The third-order valence-electron chi connectivity index (χ3n) is 4.72. The maximum absolute atomic E-state index is 5.07. The van der Waals surface area contributed by atoms with Crippen LogP contribution in [-0.2, 0) is 0 Å². The van der Waals surface area contributed by atoms with E-state index in [0.29, 0.717) is 6.54 Å². The number of rotatable bonds is 7. The fraction of sp³-hybridized carbons (Fsp3) is 0.692. The Hall–Kier alpha value is -1.08. The van der Waals surface area contributed by atoms with Gasteiger partial charge >= 0.3 is 0 Å². The molecule has 27 heavy (non-hydrogen) atoms. The molecule has 1 aromatic rings. The third kappa shape index (κ3) is 24.9. The average Bonchev–Trinajstić information content (AvgIpc) is 2.67. The Kier molecular flexibility index (Phi) is 26.1. The standard InChI is InChI=1S/C9H12.C9H20.C4H9N.C4H10/c1-7-5-4-6-8(2)9(7)3;1-4-6-7-8-9(3)5-2;1-4(2)3-5;1-3-4-2/h4-6H,1-3H3;9H,4-8H2,1-3H3;1,3,5H2,2H3;3-4H2,1-2H3. The summed E-state index contributed by atoms with van der Waals surface area (Å²) in [5.74, 6) is 0.955. The van der Waals surface area contributed by atoms with Crippen LogP contribution in [0.4, 0.5) is 0 Å². The average molecular weight is 378 g/mol. The molecule has 0 fully saturated rings. The van der Waals surface area contributed by atoms with E-state index in [4.69, 9.17) is 5.73 Å². The number of unbranched alkanes of at least 4 members (excludes halogenated alkanes) is 3. The van der Waals surface area contributed by atoms with Gasteiger partial charge in [0.2, 0.25) is 0 Å². The second kappa shape index (κ2) is 23.0. The molecule has 0 aliphatic rings. The predicted molar refractivity (Wildman–Crippen MR) is 129 cm³/mol. The van der Waals surface area contributed by atoms with E-state index >= 15 is 0 Å². The van der Waals surface area contributed by atoms with Gasteiger partial charge in [0.1, 0.15) is 0 Å². The van der Waals surface area contributed by atoms with Gasteiger partial charge in [-0.25, -0.2) is 0 Å². The number of nitrogens with two attached hydrogens (primary N) is 1. The minimum Gasteiger partial charge on any atom is -0.327 e. The molecule has 0 heterocycles. The van der Waals surface area contributed by atoms with Crippen LogP contribution >= 0.6 is 0 Å². The minimum absolute atomic E-state index is 0.611. The van der Waals surface area contributed by atoms with Crippen molar-refractivity contribution in [3.8, 4) is 0 Å². The molecule has 160 valence electrons. The fourth-order valence-corrected chi connectivity index (χ4v) is 1.84. The van der Waals surface area contributed by atoms with E-state index in [9.17, 15) is 0 Å². The molecule has 1 aromatic carbocycles. The molecule has 0 radical (unpaired) electrons. The first-order valence-electron chi connectivity index (χ1n) is 11.1. The highest BCUT2D eigenvalue weighted by molar-refractivity contribution is 5.31. The van der Waals surface area contributed by atoms with E-state index in [2.05, 4.69) is 80.2 Å². The molecule has 0 amide bonds. The van der Waals surface area contributed by atoms with Crippen molar-refractivity contribution in [3.63, 3.8) is 0 Å². The molecule has 0 aromatic heterocycles. The van der Waals surface area contributed by atoms with E-state index in [1.807, 2.05) is 6.92 Å². The molecule has 0 saturated carbocycles. The van der Waals surface area contributed by atoms with Crippen LogP contribution in [0.5, 0.6) is 0 Å². The predicted octanol–water partition coefficient (Wildman–Crippen LogP) is 8.55. The maximum atomic E-state index is 5.07. The van der Waals surface area contributed by atoms with E-state index in [-0.39, 0.29) is 0 Å². The Morgan fingerprint density at radius 2 is 1.37 bits per heavy atom. The quantitative estimate of drug-likeness (QED) is 0.374. The van der Waals surface area contributed by atoms with Crippen molar-refractivity contribution >= 4 is 0 Å². The zero-order valence-corrected chi connectivity index (χ0v) is 20.3. The SMILES string of the molecule is C=C(C)CN.CCCC.CCCCCC(C)CC.Cc1cccc(C)c1C. The molecule has 1 nitrogen and oxygen atoms in total. The monoisotopic (exact) mass is 377 g/mol. The Morgan fingerprint density at radius 1 is 0.926 bits per heavy atom. The largest absolute Gasteiger partial charge is 0.327 e. The first-order valence-corrected chi connectivity index (χ1v) is 11.1. The van der Waals surface area contributed by atoms with Gasteiger partial charge in [0.05, 0.1) is 0 Å². The number of hydrogen-bond donors (Lipinski definition) is 1. The van der Waals surface area contributed by atoms with Crippen LogP contribution in [0, 0.1) is 26.7 Å². The second-order valence-electron chi connectivity index (χ2n) is 7.69. The summed E-state index contributed by atoms with van der Waals surface area (Å²) in [6.07, 6.45) is 9.64. The zero-order chi connectivity index (χ0) is 21.7. The van der Waals surface area contributed by atoms with E-state index in [0.717, 1.165) is 11.5 Å². The number of hydrogen-bond acceptors (Lipinski definition) is 1. The Labute approximate surface area is 172 Å². The van der Waals surface area contributed by atoms with E-state index in [1.165, 1.54) is 61.6 Å². The van der Waals surface area contributed by atoms with Gasteiger partial charge in [-0.05, 0) is 50.3 Å². The van der Waals surface area contributed by atoms with Gasteiger partial charge in [-0.1, -0.05) is 110 Å². The summed E-state index contributed by atoms with van der Waals surface area (Å²) < 4.78 is 0. The second-order valence-corrected chi connectivity index (χ2v) is 7.69. The summed E-state index contributed by atoms with van der Waals surface area (Å²) in [5.41, 5.74) is 10.3. The van der Waals surface area contributed by atoms with Crippen molar-refractivity contribution in [3.05, 3.63) is 47.0 Å². The summed E-state index contributed by atoms with van der Waals surface area (Å²) >= 11 is 0. The molecule has 1 rings (SSSR count). The van der Waals surface area contributed by atoms with Crippen LogP contribution in [0.25, 0.3) is 0 Å². The summed E-state index contributed by atoms with van der Waals surface area (Å²) in [4.78, 5) is 0. The van der Waals surface area contributed by atoms with Crippen molar-refractivity contribution in [2.75, 3.05) is 6.54 Å². The molecule has 0 spiro atoms. The first kappa shape index (κ1) is 30.6. The van der Waals surface area contributed by atoms with Crippen LogP contribution in [0.1, 0.15) is 103 Å². The Morgan fingerprint density at radius 3 is 1.63 bits per heavy atom. The molecule has 0 bridgehead atoms. The smallest absolute Gasteiger partial charge is 0.0131 e. The minimum atomic E-state index is 0.611. The van der Waals surface area contributed by atoms with Gasteiger partial charge in [0.15, 0.2) is 0 Å². The zero-order valence-electron chi connectivity index (χ0n) is 20.3. The Bertz CT molecular complexity index is 412. The van der Waals surface area contributed by atoms with Crippen LogP contribution < -0.4 is 5.73 Å². The third-order valence-corrected chi connectivity index (χ3v) is 4.72. The van der Waals surface area contributed by atoms with Gasteiger partial charge in [-0.3, -0.25) is 0 Å². The molecular weight excluding hydrogens is 326 g/mol. The van der Waals surface area contributed by atoms with Crippen molar-refractivity contribution in [1.29, 1.82) is 0 Å². The molecule has 1 atom stereocenters. The molecular formula is C26H51N. The lowest BCUT2D eigenvalue weighted by Crippen LogP contribution is -1.97. The molecule has 2 N–H and O–H groups in total. The normalized spacial score (nSPS) is 10.3. The lowest BCUT2D eigenvalue weighted by Gasteiger charge is -2.05. The fourth-order valence-electron chi connectivity index (χ4n) is 1.84. The van der Waals surface area contributed by atoms with Crippen molar-refractivity contribution in [2.24, 2.45) is 11.7 Å². The number of aryl methyl sites for hydroxylation is 2. The summed E-state index contributed by atoms with van der Waals surface area (Å²) in [7, 11) is 0. The highest BCUT2D eigenvalue weighted by atomic mass is 14.5. The lowest BCUT2D eigenvalue weighted by molar-refractivity contribution is 0.482. The van der Waals surface area contributed by atoms with Gasteiger partial charge in [0, 0.05) is 6.54 Å². The van der Waals surface area contributed by atoms with E-state index in [1.54, 1.807) is 0 Å². The maximum Gasteiger partial charge on any atom is 0.0131 e. The van der Waals surface area contributed by atoms with Gasteiger partial charge in [0.25, 0.3) is 0 Å². The van der Waals surface area contributed by atoms with Gasteiger partial charge < -0.3 is 5.73 Å². The molecule has 1 unspecified atom stereocenters. The topological polar surface area (TPSA) is 26.0 Å². The van der Waals surface area contributed by atoms with E-state index < -0.39 is 0 Å². The highest BCUT2D eigenvalue weighted by Crippen LogP contribution is 2.11. The van der Waals surface area contributed by atoms with Gasteiger partial charge in [-0.2, -0.15) is 0 Å². The van der Waals surface area contributed by atoms with Crippen molar-refractivity contribution in [1.82, 2.24) is 0 Å². The lowest BCUT2D eigenvalue weighted by atomic mass is 10.0. The number of benzene rings is 1. The molecule has 0 aliphatic carbocycles. The van der Waals surface area contributed by atoms with Crippen molar-refractivity contribution in [2.45, 2.75) is 107 Å². The summed E-state index contributed by atoms with van der Waals surface area (Å²) in [6, 6.07) is 6.38. The summed E-state index contributed by atoms with van der Waals surface area (Å²) in [5, 5.41) is 0. The van der Waals surface area contributed by atoms with Crippen molar-refractivity contribution < 1.29 is 0 Å². The highest BCUT2D eigenvalue weighted by Gasteiger charge is 1.95. The van der Waals surface area contributed by atoms with Crippen LogP contribution in [0.3, 0.4) is 0 Å². The molecule has 0 aliphatic heterocycles. The first-order chi connectivity index (χ1) is 12.7. The molecule has 1 heteroatoms. The summed E-state index contributed by atoms with van der Waals surface area (Å²) in [6.45, 7) is 23.7.